The van der Waals surface area contributed by atoms with Gasteiger partial charge in [0.1, 0.15) is 24.4 Å². The van der Waals surface area contributed by atoms with Crippen LogP contribution in [0, 0.1) is 11.8 Å². The van der Waals surface area contributed by atoms with E-state index in [2.05, 4.69) is 26.3 Å². The number of guanidine groups is 1. The Kier molecular flexibility index (Phi) is 16.5. The van der Waals surface area contributed by atoms with Crippen LogP contribution in [0.5, 0.6) is 0 Å². The highest BCUT2D eigenvalue weighted by Gasteiger charge is 2.37. The van der Waals surface area contributed by atoms with Gasteiger partial charge in [-0.3, -0.25) is 29.0 Å². The number of aliphatic imine (C=N–C) groups is 1. The molecule has 1 aliphatic heterocycles. The van der Waals surface area contributed by atoms with E-state index >= 15 is 0 Å². The van der Waals surface area contributed by atoms with Gasteiger partial charge in [0.05, 0.1) is 18.6 Å². The van der Waals surface area contributed by atoms with Gasteiger partial charge in [-0.2, -0.15) is 0 Å². The zero-order valence-electron chi connectivity index (χ0n) is 28.4. The van der Waals surface area contributed by atoms with Crippen LogP contribution in [0.4, 0.5) is 0 Å². The third kappa shape index (κ3) is 12.6. The zero-order valence-corrected chi connectivity index (χ0v) is 28.4. The van der Waals surface area contributed by atoms with Crippen molar-refractivity contribution in [3.63, 3.8) is 0 Å². The van der Waals surface area contributed by atoms with Gasteiger partial charge < -0.3 is 48.2 Å². The van der Waals surface area contributed by atoms with Crippen molar-refractivity contribution >= 4 is 41.8 Å². The van der Waals surface area contributed by atoms with Crippen LogP contribution in [-0.4, -0.2) is 96.5 Å². The summed E-state index contributed by atoms with van der Waals surface area (Å²) in [5.41, 5.74) is 17.3. The minimum Gasteiger partial charge on any atom is -0.370 e. The molecule has 266 valence electrons. The lowest BCUT2D eigenvalue weighted by atomic mass is 9.96. The minimum absolute atomic E-state index is 0.0524. The Labute approximate surface area is 282 Å². The van der Waals surface area contributed by atoms with Gasteiger partial charge in [0, 0.05) is 19.5 Å². The van der Waals surface area contributed by atoms with Crippen molar-refractivity contribution in [1.29, 1.82) is 0 Å². The Hall–Kier alpha value is -4.53. The van der Waals surface area contributed by atoms with E-state index in [1.54, 1.807) is 13.8 Å². The maximum absolute atomic E-state index is 13.8. The third-order valence-electron chi connectivity index (χ3n) is 8.48. The Morgan fingerprint density at radius 2 is 1.69 bits per heavy atom. The van der Waals surface area contributed by atoms with E-state index in [1.807, 2.05) is 44.2 Å². The number of nitrogens with zero attached hydrogens (tertiary/aromatic N) is 2. The number of carbonyl (C=O) groups excluding carboxylic acids is 6. The zero-order chi connectivity index (χ0) is 35.8. The van der Waals surface area contributed by atoms with Crippen molar-refractivity contribution in [1.82, 2.24) is 26.2 Å². The van der Waals surface area contributed by atoms with Crippen LogP contribution < -0.4 is 38.5 Å². The molecule has 1 aromatic carbocycles. The molecule has 6 atom stereocenters. The highest BCUT2D eigenvalue weighted by atomic mass is 16.2. The summed E-state index contributed by atoms with van der Waals surface area (Å²) in [4.78, 5) is 83.0. The first-order chi connectivity index (χ1) is 22.8. The number of benzene rings is 1. The second-order valence-corrected chi connectivity index (χ2v) is 12.6. The van der Waals surface area contributed by atoms with Crippen LogP contribution in [0.1, 0.15) is 65.4 Å². The van der Waals surface area contributed by atoms with Gasteiger partial charge in [-0.05, 0) is 43.1 Å². The van der Waals surface area contributed by atoms with Gasteiger partial charge in [-0.1, -0.05) is 64.4 Å². The highest BCUT2D eigenvalue weighted by Crippen LogP contribution is 2.18. The fraction of sp³-hybridized carbons (Fsp3) is 0.606. The molecule has 2 rings (SSSR count). The number of carbonyl (C=O) groups is 6. The number of rotatable bonds is 19. The molecular formula is C33H53N9O6. The third-order valence-corrected chi connectivity index (χ3v) is 8.48. The van der Waals surface area contributed by atoms with Gasteiger partial charge in [-0.15, -0.1) is 0 Å². The molecule has 0 spiro atoms. The van der Waals surface area contributed by atoms with Crippen LogP contribution in [-0.2, 0) is 35.2 Å². The number of nitrogens with one attached hydrogen (secondary N) is 4. The van der Waals surface area contributed by atoms with Crippen molar-refractivity contribution in [2.24, 2.45) is 34.0 Å². The molecular weight excluding hydrogens is 618 g/mol. The van der Waals surface area contributed by atoms with E-state index in [4.69, 9.17) is 17.2 Å². The fourth-order valence-electron chi connectivity index (χ4n) is 5.28. The van der Waals surface area contributed by atoms with Crippen LogP contribution >= 0.6 is 0 Å². The Balaban J connectivity index is 2.14. The largest absolute Gasteiger partial charge is 0.370 e. The monoisotopic (exact) mass is 671 g/mol. The summed E-state index contributed by atoms with van der Waals surface area (Å²) in [5.74, 6) is -3.02. The molecule has 15 heteroatoms. The Morgan fingerprint density at radius 3 is 2.29 bits per heavy atom. The highest BCUT2D eigenvalue weighted by molar-refractivity contribution is 5.95. The molecule has 0 aromatic heterocycles. The first kappa shape index (κ1) is 39.6. The second-order valence-electron chi connectivity index (χ2n) is 12.6. The van der Waals surface area contributed by atoms with Crippen molar-refractivity contribution in [3.05, 3.63) is 35.9 Å². The SMILES string of the molecule is CC[C@H](C)[C@H](NC(=O)[C@H](Cc1ccccc1)NC(=O)[C@@H]1CCCN1C(=O)CNC(=O)[C@@H](N)CCCN=C(N)N)C(=O)N[C@H](C=O)C(C)C. The molecule has 1 aromatic rings. The van der Waals surface area contributed by atoms with Crippen molar-refractivity contribution in [2.75, 3.05) is 19.6 Å². The molecule has 0 unspecified atom stereocenters. The molecule has 10 N–H and O–H groups in total. The van der Waals surface area contributed by atoms with Crippen molar-refractivity contribution in [2.45, 2.75) is 96.4 Å². The number of hydrogen-bond donors (Lipinski definition) is 7. The van der Waals surface area contributed by atoms with E-state index in [0.29, 0.717) is 51.5 Å². The summed E-state index contributed by atoms with van der Waals surface area (Å²) in [6, 6.07) is 4.64. The quantitative estimate of drug-likeness (QED) is 0.0415. The lowest BCUT2D eigenvalue weighted by Gasteiger charge is -2.29. The summed E-state index contributed by atoms with van der Waals surface area (Å²) < 4.78 is 0. The van der Waals surface area contributed by atoms with E-state index in [0.717, 1.165) is 5.56 Å². The summed E-state index contributed by atoms with van der Waals surface area (Å²) >= 11 is 0. The number of likely N-dealkylation sites (tertiary alicyclic amines) is 1. The van der Waals surface area contributed by atoms with Gasteiger partial charge >= 0.3 is 0 Å². The maximum atomic E-state index is 13.8. The van der Waals surface area contributed by atoms with Crippen LogP contribution in [0.15, 0.2) is 35.3 Å². The molecule has 0 radical (unpaired) electrons. The topological polar surface area (TPSA) is 244 Å². The minimum atomic E-state index is -1.07. The predicted molar refractivity (Wildman–Crippen MR) is 182 cm³/mol. The maximum Gasteiger partial charge on any atom is 0.243 e. The molecule has 1 fully saturated rings. The Bertz CT molecular complexity index is 1270. The van der Waals surface area contributed by atoms with E-state index in [9.17, 15) is 28.8 Å². The van der Waals surface area contributed by atoms with Gasteiger partial charge in [0.2, 0.25) is 29.5 Å². The lowest BCUT2D eigenvalue weighted by molar-refractivity contribution is -0.140. The average molecular weight is 672 g/mol. The van der Waals surface area contributed by atoms with Crippen LogP contribution in [0.2, 0.25) is 0 Å². The van der Waals surface area contributed by atoms with Crippen molar-refractivity contribution in [3.8, 4) is 0 Å². The number of amides is 5. The first-order valence-electron chi connectivity index (χ1n) is 16.6. The molecule has 0 bridgehead atoms. The smallest absolute Gasteiger partial charge is 0.243 e. The fourth-order valence-corrected chi connectivity index (χ4v) is 5.28. The van der Waals surface area contributed by atoms with Crippen molar-refractivity contribution < 1.29 is 28.8 Å². The number of hydrogen-bond acceptors (Lipinski definition) is 8. The molecule has 1 aliphatic rings. The molecule has 5 amide bonds. The van der Waals surface area contributed by atoms with E-state index in [1.165, 1.54) is 4.90 Å². The normalized spacial score (nSPS) is 17.3. The first-order valence-corrected chi connectivity index (χ1v) is 16.6. The predicted octanol–water partition coefficient (Wildman–Crippen LogP) is -0.927. The Morgan fingerprint density at radius 1 is 1.00 bits per heavy atom. The standard InChI is InChI=1S/C33H53N9O6/c1-5-21(4)28(32(48)40-25(19-43)20(2)3)41-30(46)24(17-22-11-7-6-8-12-22)39-31(47)26-14-10-16-42(26)27(44)18-38-29(45)23(34)13-9-15-37-33(35)36/h6-8,11-12,19-21,23-26,28H,5,9-10,13-18,34H2,1-4H3,(H,38,45)(H,39,47)(H,40,48)(H,41,46)(H4,35,36,37)/t21-,23-,24-,25+,26-,28-/m0/s1. The summed E-state index contributed by atoms with van der Waals surface area (Å²) in [6.45, 7) is 7.60. The molecule has 0 aliphatic carbocycles. The molecule has 1 heterocycles. The van der Waals surface area contributed by atoms with Gasteiger partial charge in [0.25, 0.3) is 0 Å². The molecule has 48 heavy (non-hydrogen) atoms. The average Bonchev–Trinajstić information content (AvgIpc) is 3.56. The molecule has 15 nitrogen and oxygen atoms in total. The number of nitrogens with two attached hydrogens (primary N) is 3. The van der Waals surface area contributed by atoms with Gasteiger partial charge in [0.15, 0.2) is 5.96 Å². The second kappa shape index (κ2) is 20.0. The van der Waals surface area contributed by atoms with Gasteiger partial charge in [-0.25, -0.2) is 0 Å². The molecule has 1 saturated heterocycles. The molecule has 0 saturated carbocycles. The summed E-state index contributed by atoms with van der Waals surface area (Å²) in [6.07, 6.45) is 3.09. The summed E-state index contributed by atoms with van der Waals surface area (Å²) in [7, 11) is 0. The van der Waals surface area contributed by atoms with E-state index in [-0.39, 0.29) is 30.8 Å². The lowest BCUT2D eigenvalue weighted by Crippen LogP contribution is -2.59. The van der Waals surface area contributed by atoms with Crippen LogP contribution in [0.3, 0.4) is 0 Å². The van der Waals surface area contributed by atoms with Crippen LogP contribution in [0.25, 0.3) is 0 Å². The van der Waals surface area contributed by atoms with E-state index < -0.39 is 59.7 Å². The number of aldehydes is 1. The summed E-state index contributed by atoms with van der Waals surface area (Å²) in [5, 5.41) is 10.9.